The fourth-order valence-corrected chi connectivity index (χ4v) is 3.15. The standard InChI is InChI=1S/C15H14FNO4S/c1-9(18)10-3-2-4-11(5-10)14-7-13(16)6-12-8-17-22(19,20)21-15(12)14/h2-7,17,19-20H,8H2,1H3. The van der Waals surface area contributed by atoms with Crippen LogP contribution in [-0.2, 0) is 6.54 Å². The molecule has 1 heterocycles. The molecular weight excluding hydrogens is 309 g/mol. The Balaban J connectivity index is 2.17. The molecule has 22 heavy (non-hydrogen) atoms. The van der Waals surface area contributed by atoms with Crippen LogP contribution in [0.15, 0.2) is 36.4 Å². The van der Waals surface area contributed by atoms with Gasteiger partial charge in [0.1, 0.15) is 5.82 Å². The van der Waals surface area contributed by atoms with Crippen molar-refractivity contribution < 1.29 is 22.5 Å². The van der Waals surface area contributed by atoms with Crippen molar-refractivity contribution in [3.63, 3.8) is 0 Å². The SMILES string of the molecule is CC(=O)c1cccc(-c2cc(F)cc3c2OS(O)(O)NC3)c1. The molecule has 0 aliphatic carbocycles. The minimum absolute atomic E-state index is 0.0782. The second-order valence-electron chi connectivity index (χ2n) is 4.98. The highest BCUT2D eigenvalue weighted by molar-refractivity contribution is 8.18. The van der Waals surface area contributed by atoms with Crippen LogP contribution in [0.3, 0.4) is 0 Å². The molecule has 0 atom stereocenters. The predicted octanol–water partition coefficient (Wildman–Crippen LogP) is 3.76. The van der Waals surface area contributed by atoms with Crippen LogP contribution in [0.2, 0.25) is 0 Å². The first-order valence-electron chi connectivity index (χ1n) is 6.52. The summed E-state index contributed by atoms with van der Waals surface area (Å²) in [4.78, 5) is 11.5. The van der Waals surface area contributed by atoms with E-state index in [9.17, 15) is 18.3 Å². The summed E-state index contributed by atoms with van der Waals surface area (Å²) in [6.45, 7) is 1.52. The minimum atomic E-state index is -3.41. The van der Waals surface area contributed by atoms with Crippen molar-refractivity contribution in [1.29, 1.82) is 0 Å². The Labute approximate surface area is 128 Å². The topological polar surface area (TPSA) is 78.8 Å². The third-order valence-electron chi connectivity index (χ3n) is 3.36. The molecule has 0 saturated heterocycles. The minimum Gasteiger partial charge on any atom is -0.391 e. The lowest BCUT2D eigenvalue weighted by Crippen LogP contribution is -2.29. The molecule has 2 aromatic rings. The summed E-state index contributed by atoms with van der Waals surface area (Å²) in [6.07, 6.45) is 0. The second-order valence-corrected chi connectivity index (χ2v) is 6.43. The molecule has 0 radical (unpaired) electrons. The van der Waals surface area contributed by atoms with E-state index in [0.717, 1.165) is 0 Å². The quantitative estimate of drug-likeness (QED) is 0.733. The molecule has 0 unspecified atom stereocenters. The zero-order chi connectivity index (χ0) is 15.9. The van der Waals surface area contributed by atoms with Gasteiger partial charge >= 0.3 is 0 Å². The maximum atomic E-state index is 13.8. The summed E-state index contributed by atoms with van der Waals surface area (Å²) in [5.41, 5.74) is 1.91. The number of ketones is 1. The van der Waals surface area contributed by atoms with Gasteiger partial charge in [-0.05, 0) is 30.7 Å². The van der Waals surface area contributed by atoms with Gasteiger partial charge in [0.2, 0.25) is 11.1 Å². The Hall–Kier alpha value is -1.93. The zero-order valence-corrected chi connectivity index (χ0v) is 12.5. The van der Waals surface area contributed by atoms with E-state index in [4.69, 9.17) is 4.18 Å². The first kappa shape index (κ1) is 15.0. The van der Waals surface area contributed by atoms with Crippen LogP contribution in [0.25, 0.3) is 11.1 Å². The molecule has 0 spiro atoms. The summed E-state index contributed by atoms with van der Waals surface area (Å²) in [7, 11) is 0. The Morgan fingerprint density at radius 3 is 2.82 bits per heavy atom. The third kappa shape index (κ3) is 2.84. The van der Waals surface area contributed by atoms with Crippen molar-refractivity contribution in [3.05, 3.63) is 53.3 Å². The molecule has 0 bridgehead atoms. The van der Waals surface area contributed by atoms with Crippen molar-refractivity contribution in [2.75, 3.05) is 0 Å². The van der Waals surface area contributed by atoms with Gasteiger partial charge in [-0.15, -0.1) is 0 Å². The number of carbonyl (C=O) groups excluding carboxylic acids is 1. The Morgan fingerprint density at radius 1 is 1.32 bits per heavy atom. The van der Waals surface area contributed by atoms with E-state index in [1.54, 1.807) is 24.3 Å². The van der Waals surface area contributed by atoms with Crippen molar-refractivity contribution in [1.82, 2.24) is 4.72 Å². The number of Topliss-reactive ketones (excluding diaryl/α,β-unsaturated/α-hetero) is 1. The van der Waals surface area contributed by atoms with Crippen LogP contribution in [-0.4, -0.2) is 14.9 Å². The molecule has 0 saturated carbocycles. The number of hydrogen-bond donors (Lipinski definition) is 3. The zero-order valence-electron chi connectivity index (χ0n) is 11.7. The molecule has 0 aromatic heterocycles. The molecule has 2 aromatic carbocycles. The smallest absolute Gasteiger partial charge is 0.203 e. The number of rotatable bonds is 2. The molecule has 3 N–H and O–H groups in total. The van der Waals surface area contributed by atoms with Crippen LogP contribution in [0.4, 0.5) is 4.39 Å². The molecule has 116 valence electrons. The van der Waals surface area contributed by atoms with Gasteiger partial charge in [0.05, 0.1) is 0 Å². The van der Waals surface area contributed by atoms with Crippen molar-refractivity contribution in [3.8, 4) is 16.9 Å². The number of fused-ring (bicyclic) bond motifs is 1. The summed E-state index contributed by atoms with van der Waals surface area (Å²) < 4.78 is 40.7. The fraction of sp³-hybridized carbons (Fsp3) is 0.133. The number of benzene rings is 2. The lowest BCUT2D eigenvalue weighted by molar-refractivity contribution is 0.101. The average Bonchev–Trinajstić information content (AvgIpc) is 2.46. The van der Waals surface area contributed by atoms with Crippen LogP contribution < -0.4 is 8.91 Å². The van der Waals surface area contributed by atoms with Gasteiger partial charge < -0.3 is 4.18 Å². The number of carbonyl (C=O) groups is 1. The van der Waals surface area contributed by atoms with Crippen molar-refractivity contribution in [2.45, 2.75) is 13.5 Å². The van der Waals surface area contributed by atoms with Gasteiger partial charge in [-0.3, -0.25) is 13.9 Å². The van der Waals surface area contributed by atoms with Crippen molar-refractivity contribution in [2.24, 2.45) is 0 Å². The van der Waals surface area contributed by atoms with Gasteiger partial charge in [0, 0.05) is 23.2 Å². The lowest BCUT2D eigenvalue weighted by Gasteiger charge is -2.34. The van der Waals surface area contributed by atoms with E-state index in [0.29, 0.717) is 22.3 Å². The monoisotopic (exact) mass is 323 g/mol. The summed E-state index contributed by atoms with van der Waals surface area (Å²) >= 11 is -3.41. The Bertz CT molecular complexity index is 763. The van der Waals surface area contributed by atoms with Crippen molar-refractivity contribution >= 4 is 16.8 Å². The lowest BCUT2D eigenvalue weighted by atomic mass is 9.98. The number of hydrogen-bond acceptors (Lipinski definition) is 5. The number of halogens is 1. The molecule has 1 aliphatic heterocycles. The largest absolute Gasteiger partial charge is 0.391 e. The maximum absolute atomic E-state index is 13.8. The normalized spacial score (nSPS) is 17.3. The molecule has 0 fully saturated rings. The van der Waals surface area contributed by atoms with Crippen LogP contribution in [0.5, 0.6) is 5.75 Å². The molecule has 1 aliphatic rings. The third-order valence-corrected chi connectivity index (χ3v) is 4.28. The predicted molar refractivity (Wildman–Crippen MR) is 82.2 cm³/mol. The van der Waals surface area contributed by atoms with E-state index >= 15 is 0 Å². The van der Waals surface area contributed by atoms with E-state index in [1.165, 1.54) is 19.1 Å². The highest BCUT2D eigenvalue weighted by atomic mass is 32.3. The fourth-order valence-electron chi connectivity index (χ4n) is 2.32. The van der Waals surface area contributed by atoms with E-state index in [-0.39, 0.29) is 18.1 Å². The number of nitrogens with one attached hydrogen (secondary N) is 1. The highest BCUT2D eigenvalue weighted by Crippen LogP contribution is 2.47. The summed E-state index contributed by atoms with van der Waals surface area (Å²) in [5, 5.41) is 0. The summed E-state index contributed by atoms with van der Waals surface area (Å²) in [6, 6.07) is 9.19. The van der Waals surface area contributed by atoms with E-state index in [2.05, 4.69) is 4.72 Å². The van der Waals surface area contributed by atoms with E-state index in [1.807, 2.05) is 0 Å². The Kier molecular flexibility index (Phi) is 3.65. The van der Waals surface area contributed by atoms with E-state index < -0.39 is 16.9 Å². The van der Waals surface area contributed by atoms with Gasteiger partial charge in [-0.25, -0.2) is 9.11 Å². The first-order valence-corrected chi connectivity index (χ1v) is 7.99. The van der Waals surface area contributed by atoms with Gasteiger partial charge in [0.15, 0.2) is 11.5 Å². The van der Waals surface area contributed by atoms with Crippen LogP contribution >= 0.6 is 11.1 Å². The average molecular weight is 323 g/mol. The van der Waals surface area contributed by atoms with Gasteiger partial charge in [0.25, 0.3) is 0 Å². The molecule has 0 amide bonds. The van der Waals surface area contributed by atoms with Crippen LogP contribution in [0.1, 0.15) is 22.8 Å². The van der Waals surface area contributed by atoms with Crippen LogP contribution in [0, 0.1) is 5.82 Å². The Morgan fingerprint density at radius 2 is 2.09 bits per heavy atom. The van der Waals surface area contributed by atoms with Gasteiger partial charge in [-0.2, -0.15) is 0 Å². The molecular formula is C15H14FNO4S. The molecule has 3 rings (SSSR count). The van der Waals surface area contributed by atoms with Gasteiger partial charge in [-0.1, -0.05) is 18.2 Å². The second kappa shape index (κ2) is 5.36. The molecule has 7 heteroatoms. The summed E-state index contributed by atoms with van der Waals surface area (Å²) in [5.74, 6) is -0.370. The first-order chi connectivity index (χ1) is 10.4. The maximum Gasteiger partial charge on any atom is 0.203 e. The molecule has 5 nitrogen and oxygen atoms in total. The highest BCUT2D eigenvalue weighted by Gasteiger charge is 2.29.